The van der Waals surface area contributed by atoms with E-state index < -0.39 is 23.4 Å². The van der Waals surface area contributed by atoms with Gasteiger partial charge in [-0.05, 0) is 12.5 Å². The molecule has 1 aliphatic rings. The molecule has 2 aromatic rings. The highest BCUT2D eigenvalue weighted by atomic mass is 19.4. The number of aromatic nitrogens is 2. The fourth-order valence-corrected chi connectivity index (χ4v) is 2.71. The van der Waals surface area contributed by atoms with Crippen LogP contribution in [0.2, 0.25) is 0 Å². The van der Waals surface area contributed by atoms with E-state index in [0.717, 1.165) is 15.8 Å². The molecule has 0 spiro atoms. The molecule has 0 unspecified atom stereocenters. The second-order valence-corrected chi connectivity index (χ2v) is 5.48. The van der Waals surface area contributed by atoms with Crippen LogP contribution in [0.5, 0.6) is 0 Å². The first-order valence-corrected chi connectivity index (χ1v) is 6.99. The average molecular weight is 325 g/mol. The fourth-order valence-electron chi connectivity index (χ4n) is 2.71. The zero-order chi connectivity index (χ0) is 16.8. The van der Waals surface area contributed by atoms with Crippen LogP contribution in [-0.4, -0.2) is 27.4 Å². The monoisotopic (exact) mass is 325 g/mol. The topological polar surface area (TPSA) is 58.4 Å². The molecule has 1 N–H and O–H groups in total. The minimum Gasteiger partial charge on any atom is -0.477 e. The molecule has 0 aliphatic carbocycles. The fraction of sp³-hybridized carbons (Fsp3) is 0.333. The molecule has 1 aromatic heterocycles. The van der Waals surface area contributed by atoms with E-state index >= 15 is 0 Å². The summed E-state index contributed by atoms with van der Waals surface area (Å²) < 4.78 is 40.1. The van der Waals surface area contributed by atoms with Gasteiger partial charge in [0, 0.05) is 13.1 Å². The van der Waals surface area contributed by atoms with Gasteiger partial charge in [0.05, 0.1) is 6.54 Å². The van der Waals surface area contributed by atoms with Crippen molar-refractivity contribution in [3.8, 4) is 0 Å². The van der Waals surface area contributed by atoms with Crippen molar-refractivity contribution < 1.29 is 23.1 Å². The lowest BCUT2D eigenvalue weighted by atomic mass is 10.1. The minimum atomic E-state index is -4.79. The van der Waals surface area contributed by atoms with Crippen LogP contribution in [0.4, 0.5) is 19.0 Å². The molecule has 0 amide bonds. The maximum Gasteiger partial charge on any atom is 0.436 e. The first kappa shape index (κ1) is 15.4. The number of nitrogens with zero attached hydrogens (tertiary/aromatic N) is 3. The average Bonchev–Trinajstić information content (AvgIpc) is 3.00. The molecule has 3 rings (SSSR count). The van der Waals surface area contributed by atoms with E-state index in [-0.39, 0.29) is 12.4 Å². The van der Waals surface area contributed by atoms with Gasteiger partial charge in [-0.15, -0.1) is 0 Å². The van der Waals surface area contributed by atoms with Crippen LogP contribution in [0.25, 0.3) is 0 Å². The summed E-state index contributed by atoms with van der Waals surface area (Å²) in [6.45, 7) is 2.93. The molecule has 0 saturated carbocycles. The Morgan fingerprint density at radius 3 is 2.48 bits per heavy atom. The van der Waals surface area contributed by atoms with Gasteiger partial charge in [0.1, 0.15) is 11.4 Å². The summed E-state index contributed by atoms with van der Waals surface area (Å²) >= 11 is 0. The molecule has 0 atom stereocenters. The van der Waals surface area contributed by atoms with E-state index in [1.165, 1.54) is 0 Å². The van der Waals surface area contributed by atoms with Gasteiger partial charge in [0.15, 0.2) is 5.69 Å². The first-order chi connectivity index (χ1) is 10.8. The molecule has 2 heterocycles. The molecule has 0 saturated heterocycles. The Morgan fingerprint density at radius 2 is 1.91 bits per heavy atom. The number of carbonyl (C=O) groups is 1. The van der Waals surface area contributed by atoms with Crippen molar-refractivity contribution in [1.82, 2.24) is 9.78 Å². The molecule has 8 heteroatoms. The first-order valence-electron chi connectivity index (χ1n) is 6.99. The summed E-state index contributed by atoms with van der Waals surface area (Å²) in [5.41, 5.74) is -0.142. The molecule has 0 fully saturated rings. The number of alkyl halides is 3. The largest absolute Gasteiger partial charge is 0.477 e. The van der Waals surface area contributed by atoms with Gasteiger partial charge in [-0.3, -0.25) is 0 Å². The summed E-state index contributed by atoms with van der Waals surface area (Å²) in [7, 11) is 0. The normalized spacial score (nSPS) is 14.2. The van der Waals surface area contributed by atoms with Crippen molar-refractivity contribution in [1.29, 1.82) is 0 Å². The molecular formula is C15H14F3N3O2. The predicted molar refractivity (Wildman–Crippen MR) is 76.4 cm³/mol. The second kappa shape index (κ2) is 5.29. The maximum absolute atomic E-state index is 13.0. The third-order valence-corrected chi connectivity index (χ3v) is 3.78. The van der Waals surface area contributed by atoms with Gasteiger partial charge in [-0.2, -0.15) is 18.3 Å². The van der Waals surface area contributed by atoms with Gasteiger partial charge < -0.3 is 10.0 Å². The number of rotatable bonds is 3. The molecule has 23 heavy (non-hydrogen) atoms. The third kappa shape index (κ3) is 2.76. The van der Waals surface area contributed by atoms with Crippen LogP contribution in [0.3, 0.4) is 0 Å². The van der Waals surface area contributed by atoms with Crippen LogP contribution in [0.1, 0.15) is 27.2 Å². The van der Waals surface area contributed by atoms with Gasteiger partial charge >= 0.3 is 12.1 Å². The van der Waals surface area contributed by atoms with Gasteiger partial charge in [0.25, 0.3) is 0 Å². The Balaban J connectivity index is 1.99. The molecule has 5 nitrogen and oxygen atoms in total. The number of hydrogen-bond donors (Lipinski definition) is 1. The maximum atomic E-state index is 13.0. The number of benzene rings is 1. The number of halogens is 3. The lowest BCUT2D eigenvalue weighted by Gasteiger charge is -2.18. The van der Waals surface area contributed by atoms with Crippen LogP contribution in [0, 0.1) is 6.92 Å². The van der Waals surface area contributed by atoms with Gasteiger partial charge in [-0.25, -0.2) is 9.48 Å². The number of aromatic carboxylic acids is 1. The van der Waals surface area contributed by atoms with Crippen LogP contribution < -0.4 is 4.90 Å². The second-order valence-electron chi connectivity index (χ2n) is 5.48. The highest BCUT2D eigenvalue weighted by Crippen LogP contribution is 2.38. The number of aryl methyl sites for hydroxylation is 1. The SMILES string of the molecule is Cc1ccc(CN2CCn3nc(C(F)(F)F)c(C(=O)O)c32)cc1. The number of anilines is 1. The summed E-state index contributed by atoms with van der Waals surface area (Å²) in [6.07, 6.45) is -4.79. The minimum absolute atomic E-state index is 0.0189. The van der Waals surface area contributed by atoms with E-state index in [2.05, 4.69) is 5.10 Å². The summed E-state index contributed by atoms with van der Waals surface area (Å²) in [5, 5.41) is 12.7. The lowest BCUT2D eigenvalue weighted by molar-refractivity contribution is -0.142. The molecular weight excluding hydrogens is 311 g/mol. The van der Waals surface area contributed by atoms with E-state index in [4.69, 9.17) is 0 Å². The predicted octanol–water partition coefficient (Wildman–Crippen LogP) is 2.93. The van der Waals surface area contributed by atoms with E-state index in [9.17, 15) is 23.1 Å². The Kier molecular flexibility index (Phi) is 3.54. The van der Waals surface area contributed by atoms with Crippen molar-refractivity contribution >= 4 is 11.8 Å². The molecule has 0 bridgehead atoms. The Labute approximate surface area is 129 Å². The van der Waals surface area contributed by atoms with E-state index in [1.54, 1.807) is 4.90 Å². The lowest BCUT2D eigenvalue weighted by Crippen LogP contribution is -2.23. The number of carboxylic acids is 1. The Bertz CT molecular complexity index is 751. The van der Waals surface area contributed by atoms with E-state index in [1.807, 2.05) is 31.2 Å². The van der Waals surface area contributed by atoms with Gasteiger partial charge in [0.2, 0.25) is 0 Å². The van der Waals surface area contributed by atoms with Crippen LogP contribution in [-0.2, 0) is 19.3 Å². The molecule has 1 aromatic carbocycles. The van der Waals surface area contributed by atoms with Crippen molar-refractivity contribution in [2.24, 2.45) is 0 Å². The molecule has 122 valence electrons. The number of carboxylic acid groups (broad SMARTS) is 1. The van der Waals surface area contributed by atoms with Crippen molar-refractivity contribution in [2.75, 3.05) is 11.4 Å². The molecule has 0 radical (unpaired) electrons. The zero-order valence-electron chi connectivity index (χ0n) is 12.3. The van der Waals surface area contributed by atoms with Gasteiger partial charge in [-0.1, -0.05) is 29.8 Å². The van der Waals surface area contributed by atoms with Crippen LogP contribution in [0.15, 0.2) is 24.3 Å². The summed E-state index contributed by atoms with van der Waals surface area (Å²) in [6, 6.07) is 7.56. The van der Waals surface area contributed by atoms with E-state index in [0.29, 0.717) is 13.1 Å². The van der Waals surface area contributed by atoms with Crippen molar-refractivity contribution in [3.05, 3.63) is 46.6 Å². The summed E-state index contributed by atoms with van der Waals surface area (Å²) in [5.74, 6) is -1.60. The number of hydrogen-bond acceptors (Lipinski definition) is 3. The summed E-state index contributed by atoms with van der Waals surface area (Å²) in [4.78, 5) is 13.0. The Hall–Kier alpha value is -2.51. The molecule has 1 aliphatic heterocycles. The van der Waals surface area contributed by atoms with Crippen LogP contribution >= 0.6 is 0 Å². The number of fused-ring (bicyclic) bond motifs is 1. The third-order valence-electron chi connectivity index (χ3n) is 3.78. The highest BCUT2D eigenvalue weighted by molar-refractivity contribution is 5.95. The standard InChI is InChI=1S/C15H14F3N3O2/c1-9-2-4-10(5-3-9)8-20-6-7-21-13(20)11(14(22)23)12(19-21)15(16,17)18/h2-5H,6-8H2,1H3,(H,22,23). The quantitative estimate of drug-likeness (QED) is 0.943. The zero-order valence-corrected chi connectivity index (χ0v) is 12.3. The smallest absolute Gasteiger partial charge is 0.436 e. The Morgan fingerprint density at radius 1 is 1.26 bits per heavy atom. The van der Waals surface area contributed by atoms with Crippen molar-refractivity contribution in [2.45, 2.75) is 26.2 Å². The van der Waals surface area contributed by atoms with Crippen molar-refractivity contribution in [3.63, 3.8) is 0 Å². The highest BCUT2D eigenvalue weighted by Gasteiger charge is 2.44.